The second-order valence-electron chi connectivity index (χ2n) is 7.71. The van der Waals surface area contributed by atoms with Gasteiger partial charge >= 0.3 is 0 Å². The smallest absolute Gasteiger partial charge is 0.188 e. The van der Waals surface area contributed by atoms with Crippen LogP contribution in [0.25, 0.3) is 0 Å². The van der Waals surface area contributed by atoms with Crippen LogP contribution in [-0.2, 0) is 11.3 Å². The molecule has 1 atom stereocenters. The Balaban J connectivity index is 1.46. The van der Waals surface area contributed by atoms with Gasteiger partial charge in [-0.05, 0) is 32.0 Å². The van der Waals surface area contributed by atoms with E-state index >= 15 is 0 Å². The van der Waals surface area contributed by atoms with Gasteiger partial charge in [-0.15, -0.1) is 11.3 Å². The van der Waals surface area contributed by atoms with Crippen molar-refractivity contribution in [1.82, 2.24) is 19.9 Å². The molecule has 0 unspecified atom stereocenters. The Hall–Kier alpha value is -2.55. The molecular formula is C22H28N6OS. The van der Waals surface area contributed by atoms with Crippen LogP contribution in [0.5, 0.6) is 0 Å². The molecule has 4 rings (SSSR count). The predicted molar refractivity (Wildman–Crippen MR) is 122 cm³/mol. The van der Waals surface area contributed by atoms with E-state index in [1.165, 1.54) is 10.4 Å². The zero-order valence-corrected chi connectivity index (χ0v) is 18.7. The van der Waals surface area contributed by atoms with E-state index in [0.717, 1.165) is 47.8 Å². The molecule has 1 fully saturated rings. The Bertz CT molecular complexity index is 985. The number of aryl methyl sites for hydroxylation is 2. The third kappa shape index (κ3) is 4.77. The molecule has 1 N–H and O–H groups in total. The predicted octanol–water partition coefficient (Wildman–Crippen LogP) is 3.93. The largest absolute Gasteiger partial charge is 0.369 e. The molecule has 0 aliphatic carbocycles. The van der Waals surface area contributed by atoms with Gasteiger partial charge in [0, 0.05) is 50.4 Å². The summed E-state index contributed by atoms with van der Waals surface area (Å²) < 4.78 is 6.07. The molecule has 3 aromatic rings. The van der Waals surface area contributed by atoms with Crippen LogP contribution in [0.4, 0.5) is 16.8 Å². The molecule has 0 aromatic carbocycles. The summed E-state index contributed by atoms with van der Waals surface area (Å²) in [5.74, 6) is 1.81. The lowest BCUT2D eigenvalue weighted by molar-refractivity contribution is -0.0349. The maximum atomic E-state index is 6.07. The molecule has 0 amide bonds. The van der Waals surface area contributed by atoms with E-state index in [1.54, 1.807) is 11.3 Å². The fourth-order valence-electron chi connectivity index (χ4n) is 3.56. The van der Waals surface area contributed by atoms with E-state index in [0.29, 0.717) is 6.61 Å². The van der Waals surface area contributed by atoms with Gasteiger partial charge in [0.25, 0.3) is 0 Å². The molecule has 0 radical (unpaired) electrons. The molecule has 8 heteroatoms. The van der Waals surface area contributed by atoms with Gasteiger partial charge < -0.3 is 15.0 Å². The molecule has 3 aromatic heterocycles. The highest BCUT2D eigenvalue weighted by molar-refractivity contribution is 7.15. The molecule has 158 valence electrons. The fraction of sp³-hybridized carbons (Fsp3) is 0.409. The number of nitrogens with one attached hydrogen (secondary N) is 1. The van der Waals surface area contributed by atoms with E-state index < -0.39 is 0 Å². The lowest BCUT2D eigenvalue weighted by atomic mass is 10.1. The Kier molecular flexibility index (Phi) is 6.26. The van der Waals surface area contributed by atoms with Gasteiger partial charge in [0.2, 0.25) is 0 Å². The van der Waals surface area contributed by atoms with Crippen LogP contribution in [-0.4, -0.2) is 53.6 Å². The van der Waals surface area contributed by atoms with Crippen LogP contribution in [0.15, 0.2) is 36.5 Å². The van der Waals surface area contributed by atoms with Gasteiger partial charge in [0.1, 0.15) is 17.7 Å². The van der Waals surface area contributed by atoms with Gasteiger partial charge in [-0.1, -0.05) is 12.1 Å². The van der Waals surface area contributed by atoms with Crippen molar-refractivity contribution in [3.8, 4) is 0 Å². The summed E-state index contributed by atoms with van der Waals surface area (Å²) >= 11 is 1.64. The Morgan fingerprint density at radius 2 is 2.07 bits per heavy atom. The molecule has 1 saturated heterocycles. The minimum absolute atomic E-state index is 0.0558. The summed E-state index contributed by atoms with van der Waals surface area (Å²) in [6, 6.07) is 10.2. The zero-order chi connectivity index (χ0) is 21.1. The quantitative estimate of drug-likeness (QED) is 0.643. The molecule has 1 aliphatic heterocycles. The number of thiazole rings is 1. The molecule has 1 aliphatic rings. The van der Waals surface area contributed by atoms with E-state index in [9.17, 15) is 0 Å². The Morgan fingerprint density at radius 1 is 1.20 bits per heavy atom. The van der Waals surface area contributed by atoms with E-state index in [2.05, 4.69) is 38.1 Å². The number of pyridine rings is 2. The van der Waals surface area contributed by atoms with Crippen molar-refractivity contribution in [2.24, 2.45) is 0 Å². The van der Waals surface area contributed by atoms with Gasteiger partial charge in [-0.3, -0.25) is 4.90 Å². The van der Waals surface area contributed by atoms with Crippen LogP contribution in [0.1, 0.15) is 27.9 Å². The van der Waals surface area contributed by atoms with Gasteiger partial charge in [0.15, 0.2) is 5.13 Å². The summed E-state index contributed by atoms with van der Waals surface area (Å²) in [5, 5.41) is 4.20. The standard InChI is InChI=1S/C22H28N6OS/c1-15-16(2)30-22(24-15)26-20-9-5-8-18(25-20)19-14-28(11-12-29-19)13-17-7-6-10-23-21(17)27(3)4/h5-10,19H,11-14H2,1-4H3,(H,24,25,26)/t19-/m1/s1. The van der Waals surface area contributed by atoms with E-state index in [4.69, 9.17) is 9.72 Å². The average Bonchev–Trinajstić information content (AvgIpc) is 3.05. The van der Waals surface area contributed by atoms with Crippen LogP contribution in [0, 0.1) is 13.8 Å². The van der Waals surface area contributed by atoms with Gasteiger partial charge in [0.05, 0.1) is 18.0 Å². The lowest BCUT2D eigenvalue weighted by Crippen LogP contribution is -2.38. The minimum Gasteiger partial charge on any atom is -0.369 e. The molecule has 7 nitrogen and oxygen atoms in total. The molecule has 30 heavy (non-hydrogen) atoms. The second-order valence-corrected chi connectivity index (χ2v) is 8.91. The minimum atomic E-state index is -0.0558. The van der Waals surface area contributed by atoms with Crippen molar-refractivity contribution in [3.63, 3.8) is 0 Å². The molecular weight excluding hydrogens is 396 g/mol. The number of hydrogen-bond acceptors (Lipinski definition) is 8. The van der Waals surface area contributed by atoms with Crippen LogP contribution >= 0.6 is 11.3 Å². The Morgan fingerprint density at radius 3 is 2.83 bits per heavy atom. The molecule has 4 heterocycles. The van der Waals surface area contributed by atoms with Crippen molar-refractivity contribution in [2.75, 3.05) is 44.0 Å². The van der Waals surface area contributed by atoms with Crippen LogP contribution < -0.4 is 10.2 Å². The maximum Gasteiger partial charge on any atom is 0.188 e. The third-order valence-electron chi connectivity index (χ3n) is 5.20. The van der Waals surface area contributed by atoms with Crippen molar-refractivity contribution in [1.29, 1.82) is 0 Å². The lowest BCUT2D eigenvalue weighted by Gasteiger charge is -2.33. The normalized spacial score (nSPS) is 17.1. The number of hydrogen-bond donors (Lipinski definition) is 1. The topological polar surface area (TPSA) is 66.4 Å². The first kappa shape index (κ1) is 20.7. The third-order valence-corrected chi connectivity index (χ3v) is 6.19. The van der Waals surface area contributed by atoms with Crippen molar-refractivity contribution < 1.29 is 4.74 Å². The average molecular weight is 425 g/mol. The number of anilines is 3. The van der Waals surface area contributed by atoms with Crippen LogP contribution in [0.3, 0.4) is 0 Å². The summed E-state index contributed by atoms with van der Waals surface area (Å²) in [4.78, 5) is 19.6. The molecule has 0 bridgehead atoms. The van der Waals surface area contributed by atoms with E-state index in [-0.39, 0.29) is 6.10 Å². The Labute approximate surface area is 181 Å². The summed E-state index contributed by atoms with van der Waals surface area (Å²) in [7, 11) is 4.06. The maximum absolute atomic E-state index is 6.07. The summed E-state index contributed by atoms with van der Waals surface area (Å²) in [6.45, 7) is 7.33. The first-order valence-corrected chi connectivity index (χ1v) is 10.9. The number of morpholine rings is 1. The highest BCUT2D eigenvalue weighted by Crippen LogP contribution is 2.27. The van der Waals surface area contributed by atoms with Crippen LogP contribution in [0.2, 0.25) is 0 Å². The van der Waals surface area contributed by atoms with Crippen molar-refractivity contribution in [2.45, 2.75) is 26.5 Å². The summed E-state index contributed by atoms with van der Waals surface area (Å²) in [5.41, 5.74) is 3.21. The highest BCUT2D eigenvalue weighted by Gasteiger charge is 2.24. The van der Waals surface area contributed by atoms with E-state index in [1.807, 2.05) is 51.5 Å². The monoisotopic (exact) mass is 424 g/mol. The SMILES string of the molecule is Cc1nc(Nc2cccc([C@H]3CN(Cc4cccnc4N(C)C)CCO3)n2)sc1C. The molecule has 0 spiro atoms. The molecule has 0 saturated carbocycles. The fourth-order valence-corrected chi connectivity index (χ4v) is 4.38. The second kappa shape index (κ2) is 9.07. The number of nitrogens with zero attached hydrogens (tertiary/aromatic N) is 5. The number of ether oxygens (including phenoxy) is 1. The number of rotatable bonds is 6. The zero-order valence-electron chi connectivity index (χ0n) is 17.9. The highest BCUT2D eigenvalue weighted by atomic mass is 32.1. The first-order chi connectivity index (χ1) is 14.5. The first-order valence-electron chi connectivity index (χ1n) is 10.1. The summed E-state index contributed by atoms with van der Waals surface area (Å²) in [6.07, 6.45) is 1.79. The van der Waals surface area contributed by atoms with Crippen molar-refractivity contribution in [3.05, 3.63) is 58.4 Å². The van der Waals surface area contributed by atoms with Gasteiger partial charge in [-0.25, -0.2) is 15.0 Å². The van der Waals surface area contributed by atoms with Crippen molar-refractivity contribution >= 4 is 28.1 Å². The van der Waals surface area contributed by atoms with Gasteiger partial charge in [-0.2, -0.15) is 0 Å². The number of aromatic nitrogens is 3.